The zero-order chi connectivity index (χ0) is 14.9. The minimum absolute atomic E-state index is 0.0336. The van der Waals surface area contributed by atoms with Crippen LogP contribution < -0.4 is 0 Å². The molecule has 1 heterocycles. The molecule has 0 saturated carbocycles. The lowest BCUT2D eigenvalue weighted by atomic mass is 10.0. The van der Waals surface area contributed by atoms with Gasteiger partial charge in [0.2, 0.25) is 0 Å². The van der Waals surface area contributed by atoms with Crippen LogP contribution in [0.5, 0.6) is 5.75 Å². The second-order valence-corrected chi connectivity index (χ2v) is 5.69. The summed E-state index contributed by atoms with van der Waals surface area (Å²) in [6.45, 7) is 2.20. The molecule has 1 aromatic carbocycles. The van der Waals surface area contributed by atoms with Gasteiger partial charge >= 0.3 is 5.97 Å². The number of carboxylic acid groups (broad SMARTS) is 1. The second-order valence-electron chi connectivity index (χ2n) is 4.87. The van der Waals surface area contributed by atoms with E-state index in [1.54, 1.807) is 6.92 Å². The van der Waals surface area contributed by atoms with Gasteiger partial charge in [0, 0.05) is 12.1 Å². The first-order valence-electron chi connectivity index (χ1n) is 6.07. The van der Waals surface area contributed by atoms with Crippen molar-refractivity contribution in [3.8, 4) is 5.75 Å². The fourth-order valence-corrected chi connectivity index (χ4v) is 2.75. The normalized spacial score (nSPS) is 22.6. The van der Waals surface area contributed by atoms with Crippen LogP contribution in [0.15, 0.2) is 17.2 Å². The molecule has 2 rings (SSSR count). The fraction of sp³-hybridized carbons (Fsp3) is 0.385. The van der Waals surface area contributed by atoms with Crippen molar-refractivity contribution in [3.63, 3.8) is 0 Å². The molecule has 0 radical (unpaired) electrons. The van der Waals surface area contributed by atoms with Crippen LogP contribution in [0.1, 0.15) is 25.3 Å². The fourth-order valence-electron chi connectivity index (χ4n) is 2.17. The van der Waals surface area contributed by atoms with Gasteiger partial charge in [-0.15, -0.1) is 0 Å². The van der Waals surface area contributed by atoms with Crippen LogP contribution in [-0.2, 0) is 4.79 Å². The summed E-state index contributed by atoms with van der Waals surface area (Å²) in [6.07, 6.45) is 2.73. The average molecular weight is 317 g/mol. The van der Waals surface area contributed by atoms with E-state index in [1.165, 1.54) is 23.4 Å². The molecule has 1 aliphatic rings. The Morgan fingerprint density at radius 3 is 2.60 bits per heavy atom. The maximum atomic E-state index is 11.3. The van der Waals surface area contributed by atoms with Crippen molar-refractivity contribution in [2.75, 3.05) is 6.54 Å². The van der Waals surface area contributed by atoms with Gasteiger partial charge in [0.15, 0.2) is 5.54 Å². The summed E-state index contributed by atoms with van der Waals surface area (Å²) in [5.41, 5.74) is -0.558. The SMILES string of the molecule is C[C@]1(C(=O)O)CCCN1/N=C/c1c(Cl)cc(O)cc1Cl. The average Bonchev–Trinajstić information content (AvgIpc) is 2.71. The molecular weight excluding hydrogens is 303 g/mol. The number of benzene rings is 1. The maximum Gasteiger partial charge on any atom is 0.330 e. The van der Waals surface area contributed by atoms with Gasteiger partial charge in [0.1, 0.15) is 5.75 Å². The number of phenolic OH excluding ortho intramolecular Hbond substituents is 1. The van der Waals surface area contributed by atoms with Gasteiger partial charge in [0.25, 0.3) is 0 Å². The zero-order valence-corrected chi connectivity index (χ0v) is 12.3. The van der Waals surface area contributed by atoms with E-state index >= 15 is 0 Å². The minimum Gasteiger partial charge on any atom is -0.508 e. The number of hydrogen-bond donors (Lipinski definition) is 2. The van der Waals surface area contributed by atoms with Crippen LogP contribution in [0, 0.1) is 0 Å². The van der Waals surface area contributed by atoms with Gasteiger partial charge in [-0.05, 0) is 31.9 Å². The number of phenols is 1. The molecule has 0 spiro atoms. The number of halogens is 2. The first-order valence-corrected chi connectivity index (χ1v) is 6.83. The highest BCUT2D eigenvalue weighted by Gasteiger charge is 2.43. The summed E-state index contributed by atoms with van der Waals surface area (Å²) in [6, 6.07) is 2.71. The van der Waals surface area contributed by atoms with Crippen molar-refractivity contribution in [2.24, 2.45) is 5.10 Å². The van der Waals surface area contributed by atoms with Crippen molar-refractivity contribution in [1.82, 2.24) is 5.01 Å². The topological polar surface area (TPSA) is 73.1 Å². The molecule has 1 fully saturated rings. The van der Waals surface area contributed by atoms with Crippen molar-refractivity contribution >= 4 is 35.4 Å². The molecule has 0 unspecified atom stereocenters. The largest absolute Gasteiger partial charge is 0.508 e. The summed E-state index contributed by atoms with van der Waals surface area (Å²) >= 11 is 12.0. The molecular formula is C13H14Cl2N2O3. The maximum absolute atomic E-state index is 11.3. The predicted molar refractivity (Wildman–Crippen MR) is 77.7 cm³/mol. The Bertz CT molecular complexity index is 554. The summed E-state index contributed by atoms with van der Waals surface area (Å²) in [5.74, 6) is -0.941. The van der Waals surface area contributed by atoms with Crippen LogP contribution in [0.3, 0.4) is 0 Å². The van der Waals surface area contributed by atoms with Crippen LogP contribution in [0.25, 0.3) is 0 Å². The van der Waals surface area contributed by atoms with E-state index in [4.69, 9.17) is 23.2 Å². The van der Waals surface area contributed by atoms with Gasteiger partial charge in [0.05, 0.1) is 16.3 Å². The standard InChI is InChI=1S/C13H14Cl2N2O3/c1-13(12(19)20)3-2-4-17(13)16-7-9-10(14)5-8(18)6-11(9)15/h5-7,18H,2-4H2,1H3,(H,19,20)/b16-7+/t13-/m1/s1. The van der Waals surface area contributed by atoms with Crippen molar-refractivity contribution < 1.29 is 15.0 Å². The Hall–Kier alpha value is -1.46. The first kappa shape index (κ1) is 14.9. The second kappa shape index (κ2) is 5.50. The van der Waals surface area contributed by atoms with Crippen LogP contribution in [-0.4, -0.2) is 39.5 Å². The number of rotatable bonds is 3. The van der Waals surface area contributed by atoms with E-state index in [1.807, 2.05) is 0 Å². The molecule has 0 bridgehead atoms. The van der Waals surface area contributed by atoms with E-state index in [-0.39, 0.29) is 15.8 Å². The third kappa shape index (κ3) is 2.69. The molecule has 1 aliphatic heterocycles. The van der Waals surface area contributed by atoms with E-state index in [0.717, 1.165) is 6.42 Å². The molecule has 108 valence electrons. The Kier molecular flexibility index (Phi) is 4.11. The van der Waals surface area contributed by atoms with E-state index in [0.29, 0.717) is 18.5 Å². The molecule has 2 N–H and O–H groups in total. The van der Waals surface area contributed by atoms with E-state index in [2.05, 4.69) is 5.10 Å². The first-order chi connectivity index (χ1) is 9.34. The highest BCUT2D eigenvalue weighted by molar-refractivity contribution is 6.38. The molecule has 7 heteroatoms. The number of carboxylic acids is 1. The molecule has 20 heavy (non-hydrogen) atoms. The number of nitrogens with zero attached hydrogens (tertiary/aromatic N) is 2. The summed E-state index contributed by atoms with van der Waals surface area (Å²) in [4.78, 5) is 11.3. The molecule has 1 aromatic rings. The lowest BCUT2D eigenvalue weighted by Crippen LogP contribution is -2.45. The Labute approximate surface area is 126 Å². The summed E-state index contributed by atoms with van der Waals surface area (Å²) < 4.78 is 0. The Balaban J connectivity index is 2.28. The molecule has 0 aromatic heterocycles. The quantitative estimate of drug-likeness (QED) is 0.841. The minimum atomic E-state index is -1.01. The van der Waals surface area contributed by atoms with E-state index in [9.17, 15) is 15.0 Å². The third-order valence-corrected chi connectivity index (χ3v) is 4.08. The number of aliphatic carboxylic acids is 1. The monoisotopic (exact) mass is 316 g/mol. The number of hydrogen-bond acceptors (Lipinski definition) is 4. The molecule has 1 atom stereocenters. The zero-order valence-electron chi connectivity index (χ0n) is 10.8. The van der Waals surface area contributed by atoms with Gasteiger partial charge in [-0.2, -0.15) is 5.10 Å². The van der Waals surface area contributed by atoms with Crippen LogP contribution in [0.2, 0.25) is 10.0 Å². The highest BCUT2D eigenvalue weighted by atomic mass is 35.5. The predicted octanol–water partition coefficient (Wildman–Crippen LogP) is 2.97. The lowest BCUT2D eigenvalue weighted by molar-refractivity contribution is -0.148. The van der Waals surface area contributed by atoms with E-state index < -0.39 is 11.5 Å². The number of aromatic hydroxyl groups is 1. The smallest absolute Gasteiger partial charge is 0.330 e. The molecule has 5 nitrogen and oxygen atoms in total. The Morgan fingerprint density at radius 2 is 2.05 bits per heavy atom. The highest BCUT2D eigenvalue weighted by Crippen LogP contribution is 2.31. The van der Waals surface area contributed by atoms with Crippen LogP contribution in [0.4, 0.5) is 0 Å². The van der Waals surface area contributed by atoms with Crippen LogP contribution >= 0.6 is 23.2 Å². The number of hydrazone groups is 1. The molecule has 1 saturated heterocycles. The van der Waals surface area contributed by atoms with Crippen molar-refractivity contribution in [1.29, 1.82) is 0 Å². The van der Waals surface area contributed by atoms with Gasteiger partial charge in [-0.1, -0.05) is 23.2 Å². The van der Waals surface area contributed by atoms with Gasteiger partial charge < -0.3 is 10.2 Å². The summed E-state index contributed by atoms with van der Waals surface area (Å²) in [5, 5.41) is 24.9. The Morgan fingerprint density at radius 1 is 1.45 bits per heavy atom. The third-order valence-electron chi connectivity index (χ3n) is 3.45. The summed E-state index contributed by atoms with van der Waals surface area (Å²) in [7, 11) is 0. The van der Waals surface area contributed by atoms with Crippen molar-refractivity contribution in [3.05, 3.63) is 27.7 Å². The number of carbonyl (C=O) groups is 1. The van der Waals surface area contributed by atoms with Crippen molar-refractivity contribution in [2.45, 2.75) is 25.3 Å². The molecule has 0 amide bonds. The lowest BCUT2D eigenvalue weighted by Gasteiger charge is -2.28. The van der Waals surface area contributed by atoms with Gasteiger partial charge in [-0.3, -0.25) is 5.01 Å². The van der Waals surface area contributed by atoms with Gasteiger partial charge in [-0.25, -0.2) is 4.79 Å². The molecule has 0 aliphatic carbocycles.